The minimum atomic E-state index is 0.460. The van der Waals surface area contributed by atoms with Crippen molar-refractivity contribution in [3.05, 3.63) is 20.6 Å². The summed E-state index contributed by atoms with van der Waals surface area (Å²) in [6.07, 6.45) is 0. The molecule has 0 aromatic heterocycles. The Labute approximate surface area is 124 Å². The van der Waals surface area contributed by atoms with Crippen LogP contribution in [0.3, 0.4) is 0 Å². The first-order chi connectivity index (χ1) is 8.43. The van der Waals surface area contributed by atoms with Crippen LogP contribution in [-0.4, -0.2) is 33.1 Å². The predicted molar refractivity (Wildman–Crippen MR) is 84.0 cm³/mol. The number of anilines is 2. The van der Waals surface area contributed by atoms with Crippen LogP contribution in [-0.2, 0) is 0 Å². The molecule has 0 spiro atoms. The summed E-state index contributed by atoms with van der Waals surface area (Å²) in [5.41, 5.74) is 3.38. The third kappa shape index (κ3) is 2.23. The van der Waals surface area contributed by atoms with Gasteiger partial charge in [0, 0.05) is 37.3 Å². The zero-order valence-electron chi connectivity index (χ0n) is 10.6. The highest BCUT2D eigenvalue weighted by Gasteiger charge is 2.25. The lowest BCUT2D eigenvalue weighted by molar-refractivity contribution is 0.969. The maximum absolute atomic E-state index is 7.95. The minimum absolute atomic E-state index is 0.460. The van der Waals surface area contributed by atoms with Gasteiger partial charge >= 0.3 is 0 Å². The summed E-state index contributed by atoms with van der Waals surface area (Å²) in [5, 5.41) is 11.0. The van der Waals surface area contributed by atoms with Crippen molar-refractivity contribution in [2.45, 2.75) is 6.92 Å². The molecule has 0 saturated carbocycles. The van der Waals surface area contributed by atoms with Crippen molar-refractivity contribution in [3.8, 4) is 0 Å². The summed E-state index contributed by atoms with van der Waals surface area (Å²) in [4.78, 5) is 4.08. The molecule has 1 aromatic carbocycles. The number of rotatable bonds is 2. The van der Waals surface area contributed by atoms with E-state index >= 15 is 0 Å². The summed E-state index contributed by atoms with van der Waals surface area (Å²) in [5.74, 6) is 0.460. The van der Waals surface area contributed by atoms with E-state index in [2.05, 4.69) is 55.1 Å². The Morgan fingerprint density at radius 2 is 2.06 bits per heavy atom. The maximum atomic E-state index is 7.95. The molecule has 0 radical (unpaired) electrons. The third-order valence-electron chi connectivity index (χ3n) is 3.07. The van der Waals surface area contributed by atoms with Gasteiger partial charge in [0.25, 0.3) is 0 Å². The number of benzene rings is 1. The van der Waals surface area contributed by atoms with E-state index in [1.54, 1.807) is 0 Å². The van der Waals surface area contributed by atoms with Gasteiger partial charge in [0.05, 0.1) is 10.2 Å². The molecule has 1 aliphatic heterocycles. The lowest BCUT2D eigenvalue weighted by atomic mass is 10.1. The fourth-order valence-electron chi connectivity index (χ4n) is 2.19. The van der Waals surface area contributed by atoms with Crippen LogP contribution in [0.1, 0.15) is 5.56 Å². The van der Waals surface area contributed by atoms with Crippen LogP contribution in [0.15, 0.2) is 15.0 Å². The van der Waals surface area contributed by atoms with Crippen LogP contribution in [0.25, 0.3) is 0 Å². The van der Waals surface area contributed by atoms with E-state index in [9.17, 15) is 0 Å². The smallest absolute Gasteiger partial charge is 0.195 e. The van der Waals surface area contributed by atoms with E-state index in [-0.39, 0.29) is 0 Å². The zero-order chi connectivity index (χ0) is 13.4. The first-order valence-corrected chi connectivity index (χ1v) is 7.28. The van der Waals surface area contributed by atoms with Crippen molar-refractivity contribution in [3.63, 3.8) is 0 Å². The molecule has 1 saturated heterocycles. The van der Waals surface area contributed by atoms with Gasteiger partial charge in [0.2, 0.25) is 0 Å². The van der Waals surface area contributed by atoms with Crippen molar-refractivity contribution in [2.24, 2.45) is 0 Å². The van der Waals surface area contributed by atoms with Crippen LogP contribution in [0.5, 0.6) is 0 Å². The normalized spacial score (nSPS) is 14.9. The second kappa shape index (κ2) is 5.09. The largest absolute Gasteiger partial charge is 0.377 e. The van der Waals surface area contributed by atoms with E-state index in [1.807, 2.05) is 19.0 Å². The van der Waals surface area contributed by atoms with E-state index in [4.69, 9.17) is 5.41 Å². The van der Waals surface area contributed by atoms with Crippen LogP contribution in [0, 0.1) is 12.3 Å². The monoisotopic (exact) mass is 374 g/mol. The lowest BCUT2D eigenvalue weighted by Crippen LogP contribution is -2.30. The van der Waals surface area contributed by atoms with Gasteiger partial charge in [-0.05, 0) is 50.4 Å². The standard InChI is InChI=1S/C12H16Br2N4/c1-7-9(17(2)3)6-8(13)10(14)11(7)18-5-4-16-12(18)15/h6H,4-5H2,1-3H3,(H2,15,16). The SMILES string of the molecule is Cc1c(N(C)C)cc(Br)c(Br)c1N1CCNC1=N. The molecule has 1 aliphatic rings. The van der Waals surface area contributed by atoms with Crippen molar-refractivity contribution < 1.29 is 0 Å². The Balaban J connectivity index is 2.61. The van der Waals surface area contributed by atoms with E-state index in [0.29, 0.717) is 5.96 Å². The van der Waals surface area contributed by atoms with Crippen LogP contribution in [0.4, 0.5) is 11.4 Å². The van der Waals surface area contributed by atoms with Crippen LogP contribution < -0.4 is 15.1 Å². The summed E-state index contributed by atoms with van der Waals surface area (Å²) >= 11 is 7.20. The number of nitrogens with one attached hydrogen (secondary N) is 2. The van der Waals surface area contributed by atoms with Gasteiger partial charge in [-0.2, -0.15) is 0 Å². The molecule has 1 heterocycles. The van der Waals surface area contributed by atoms with Gasteiger partial charge in [0.15, 0.2) is 5.96 Å². The Kier molecular flexibility index (Phi) is 3.87. The Hall–Kier alpha value is -0.750. The summed E-state index contributed by atoms with van der Waals surface area (Å²) in [6, 6.07) is 2.09. The van der Waals surface area contributed by atoms with E-state index in [1.165, 1.54) is 5.56 Å². The maximum Gasteiger partial charge on any atom is 0.195 e. The summed E-state index contributed by atoms with van der Waals surface area (Å²) in [6.45, 7) is 3.73. The molecule has 0 unspecified atom stereocenters. The molecule has 0 bridgehead atoms. The molecule has 98 valence electrons. The van der Waals surface area contributed by atoms with Gasteiger partial charge in [-0.15, -0.1) is 0 Å². The average molecular weight is 376 g/mol. The highest BCUT2D eigenvalue weighted by Crippen LogP contribution is 2.41. The fraction of sp³-hybridized carbons (Fsp3) is 0.417. The number of halogens is 2. The molecule has 0 amide bonds. The van der Waals surface area contributed by atoms with Gasteiger partial charge in [-0.25, -0.2) is 0 Å². The van der Waals surface area contributed by atoms with Gasteiger partial charge in [-0.1, -0.05) is 0 Å². The summed E-state index contributed by atoms with van der Waals surface area (Å²) in [7, 11) is 4.06. The molecule has 1 aromatic rings. The van der Waals surface area contributed by atoms with Crippen molar-refractivity contribution in [1.82, 2.24) is 5.32 Å². The number of hydrogen-bond acceptors (Lipinski definition) is 2. The van der Waals surface area contributed by atoms with Gasteiger partial charge in [0.1, 0.15) is 0 Å². The third-order valence-corrected chi connectivity index (χ3v) is 5.03. The molecular formula is C12H16Br2N4. The Morgan fingerprint density at radius 1 is 1.39 bits per heavy atom. The van der Waals surface area contributed by atoms with Crippen molar-refractivity contribution >= 4 is 49.2 Å². The lowest BCUT2D eigenvalue weighted by Gasteiger charge is -2.26. The predicted octanol–water partition coefficient (Wildman–Crippen LogP) is 2.93. The number of guanidine groups is 1. The second-order valence-corrected chi connectivity index (χ2v) is 6.13. The Morgan fingerprint density at radius 3 is 2.56 bits per heavy atom. The van der Waals surface area contributed by atoms with Crippen LogP contribution in [0.2, 0.25) is 0 Å². The van der Waals surface area contributed by atoms with Crippen molar-refractivity contribution in [2.75, 3.05) is 37.0 Å². The highest BCUT2D eigenvalue weighted by molar-refractivity contribution is 9.13. The van der Waals surface area contributed by atoms with Crippen LogP contribution >= 0.6 is 31.9 Å². The molecule has 18 heavy (non-hydrogen) atoms. The fourth-order valence-corrected chi connectivity index (χ4v) is 3.22. The first-order valence-electron chi connectivity index (χ1n) is 5.69. The molecule has 0 aliphatic carbocycles. The molecule has 4 nitrogen and oxygen atoms in total. The molecular weight excluding hydrogens is 360 g/mol. The van der Waals surface area contributed by atoms with E-state index in [0.717, 1.165) is 33.4 Å². The second-order valence-electron chi connectivity index (χ2n) is 4.49. The number of nitrogens with zero attached hydrogens (tertiary/aromatic N) is 2. The topological polar surface area (TPSA) is 42.4 Å². The molecule has 0 atom stereocenters. The quantitative estimate of drug-likeness (QED) is 0.835. The first kappa shape index (κ1) is 13.7. The Bertz CT molecular complexity index is 499. The van der Waals surface area contributed by atoms with Crippen molar-refractivity contribution in [1.29, 1.82) is 5.41 Å². The summed E-state index contributed by atoms with van der Waals surface area (Å²) < 4.78 is 2.01. The van der Waals surface area contributed by atoms with Gasteiger partial charge in [-0.3, -0.25) is 5.41 Å². The molecule has 6 heteroatoms. The average Bonchev–Trinajstić information content (AvgIpc) is 2.70. The van der Waals surface area contributed by atoms with E-state index < -0.39 is 0 Å². The minimum Gasteiger partial charge on any atom is -0.377 e. The molecule has 2 N–H and O–H groups in total. The zero-order valence-corrected chi connectivity index (χ0v) is 13.8. The molecule has 2 rings (SSSR count). The number of hydrogen-bond donors (Lipinski definition) is 2. The van der Waals surface area contributed by atoms with Gasteiger partial charge < -0.3 is 15.1 Å². The highest BCUT2D eigenvalue weighted by atomic mass is 79.9. The molecule has 1 fully saturated rings.